The maximum Gasteiger partial charge on any atom is 0.234 e. The molecule has 0 aromatic heterocycles. The van der Waals surface area contributed by atoms with Crippen LogP contribution in [0.4, 0.5) is 0 Å². The van der Waals surface area contributed by atoms with E-state index in [1.807, 2.05) is 6.07 Å². The minimum Gasteiger partial charge on any atom is -0.496 e. The van der Waals surface area contributed by atoms with Crippen LogP contribution in [-0.4, -0.2) is 19.7 Å². The molecule has 0 unspecified atom stereocenters. The van der Waals surface area contributed by atoms with Crippen molar-refractivity contribution in [2.45, 2.75) is 44.4 Å². The van der Waals surface area contributed by atoms with Crippen molar-refractivity contribution in [2.75, 3.05) is 13.7 Å². The molecule has 0 spiro atoms. The van der Waals surface area contributed by atoms with Crippen LogP contribution >= 0.6 is 0 Å². The van der Waals surface area contributed by atoms with E-state index >= 15 is 0 Å². The predicted octanol–water partition coefficient (Wildman–Crippen LogP) is 3.54. The second-order valence-electron chi connectivity index (χ2n) is 5.43. The number of aliphatic imine (C=N–C) groups is 1. The number of ether oxygens (including phenoxy) is 1. The van der Waals surface area contributed by atoms with Gasteiger partial charge in [0.25, 0.3) is 0 Å². The molecule has 3 nitrogen and oxygen atoms in total. The third kappa shape index (κ3) is 2.87. The molecular weight excluding hydrogens is 238 g/mol. The molecule has 0 bridgehead atoms. The number of methoxy groups -OCH3 is 1. The highest BCUT2D eigenvalue weighted by molar-refractivity contribution is 5.41. The zero-order valence-electron chi connectivity index (χ0n) is 11.7. The van der Waals surface area contributed by atoms with Crippen molar-refractivity contribution in [2.24, 2.45) is 4.99 Å². The molecule has 1 aliphatic carbocycles. The summed E-state index contributed by atoms with van der Waals surface area (Å²) in [5.41, 5.74) is 2.44. The van der Waals surface area contributed by atoms with Crippen LogP contribution in [0.3, 0.4) is 0 Å². The maximum absolute atomic E-state index is 10.5. The molecule has 0 N–H and O–H groups in total. The SMILES string of the molecule is COc1ccc(C2(CN=C=O)CCCCC2)cc1C. The molecule has 1 aliphatic rings. The Labute approximate surface area is 114 Å². The first kappa shape index (κ1) is 13.8. The number of benzene rings is 1. The lowest BCUT2D eigenvalue weighted by Crippen LogP contribution is -2.32. The normalized spacial score (nSPS) is 17.6. The van der Waals surface area contributed by atoms with Gasteiger partial charge in [-0.05, 0) is 37.0 Å². The van der Waals surface area contributed by atoms with Gasteiger partial charge in [-0.3, -0.25) is 0 Å². The smallest absolute Gasteiger partial charge is 0.234 e. The van der Waals surface area contributed by atoms with Crippen molar-refractivity contribution < 1.29 is 9.53 Å². The maximum atomic E-state index is 10.5. The summed E-state index contributed by atoms with van der Waals surface area (Å²) in [6, 6.07) is 6.33. The summed E-state index contributed by atoms with van der Waals surface area (Å²) < 4.78 is 5.32. The number of hydrogen-bond acceptors (Lipinski definition) is 3. The van der Waals surface area contributed by atoms with E-state index in [-0.39, 0.29) is 5.41 Å². The van der Waals surface area contributed by atoms with Gasteiger partial charge in [-0.25, -0.2) is 9.79 Å². The van der Waals surface area contributed by atoms with Gasteiger partial charge in [0.2, 0.25) is 6.08 Å². The van der Waals surface area contributed by atoms with Crippen LogP contribution in [-0.2, 0) is 10.2 Å². The van der Waals surface area contributed by atoms with E-state index in [1.165, 1.54) is 24.8 Å². The molecule has 0 aliphatic heterocycles. The molecule has 102 valence electrons. The Kier molecular flexibility index (Phi) is 4.39. The molecule has 1 aromatic carbocycles. The Hall–Kier alpha value is -1.60. The van der Waals surface area contributed by atoms with E-state index in [0.717, 1.165) is 24.2 Å². The van der Waals surface area contributed by atoms with Gasteiger partial charge in [-0.2, -0.15) is 0 Å². The first-order chi connectivity index (χ1) is 9.22. The Morgan fingerprint density at radius 1 is 1.32 bits per heavy atom. The van der Waals surface area contributed by atoms with Gasteiger partial charge < -0.3 is 4.74 Å². The van der Waals surface area contributed by atoms with Gasteiger partial charge in [0.1, 0.15) is 5.75 Å². The van der Waals surface area contributed by atoms with Crippen molar-refractivity contribution in [3.63, 3.8) is 0 Å². The zero-order valence-corrected chi connectivity index (χ0v) is 11.7. The molecule has 3 heteroatoms. The fraction of sp³-hybridized carbons (Fsp3) is 0.562. The molecule has 2 rings (SSSR count). The fourth-order valence-electron chi connectivity index (χ4n) is 3.16. The summed E-state index contributed by atoms with van der Waals surface area (Å²) in [5.74, 6) is 0.911. The third-order valence-electron chi connectivity index (χ3n) is 4.26. The van der Waals surface area contributed by atoms with Gasteiger partial charge in [-0.15, -0.1) is 0 Å². The molecule has 0 saturated heterocycles. The largest absolute Gasteiger partial charge is 0.496 e. The number of nitrogens with zero attached hydrogens (tertiary/aromatic N) is 1. The highest BCUT2D eigenvalue weighted by atomic mass is 16.5. The molecule has 1 fully saturated rings. The van der Waals surface area contributed by atoms with Crippen LogP contribution in [0.2, 0.25) is 0 Å². The second kappa shape index (κ2) is 6.03. The number of isocyanates is 1. The van der Waals surface area contributed by atoms with E-state index in [4.69, 9.17) is 4.74 Å². The summed E-state index contributed by atoms with van der Waals surface area (Å²) in [4.78, 5) is 14.4. The van der Waals surface area contributed by atoms with Gasteiger partial charge in [0.05, 0.1) is 13.7 Å². The Bertz CT molecular complexity index is 484. The van der Waals surface area contributed by atoms with Crippen LogP contribution in [0.5, 0.6) is 5.75 Å². The second-order valence-corrected chi connectivity index (χ2v) is 5.43. The topological polar surface area (TPSA) is 38.7 Å². The van der Waals surface area contributed by atoms with Crippen LogP contribution in [0, 0.1) is 6.92 Å². The van der Waals surface area contributed by atoms with E-state index in [1.54, 1.807) is 13.2 Å². The van der Waals surface area contributed by atoms with Crippen molar-refractivity contribution in [1.82, 2.24) is 0 Å². The van der Waals surface area contributed by atoms with E-state index < -0.39 is 0 Å². The van der Waals surface area contributed by atoms with Gasteiger partial charge >= 0.3 is 0 Å². The standard InChI is InChI=1S/C16H21NO2/c1-13-10-14(6-7-15(13)19-2)16(11-17-12-18)8-4-3-5-9-16/h6-7,10H,3-5,8-9,11H2,1-2H3. The van der Waals surface area contributed by atoms with E-state index in [0.29, 0.717) is 6.54 Å². The lowest BCUT2D eigenvalue weighted by atomic mass is 9.69. The van der Waals surface area contributed by atoms with Crippen LogP contribution in [0.1, 0.15) is 43.2 Å². The molecule has 1 saturated carbocycles. The van der Waals surface area contributed by atoms with Crippen LogP contribution in [0.25, 0.3) is 0 Å². The quantitative estimate of drug-likeness (QED) is 0.612. The monoisotopic (exact) mass is 259 g/mol. The lowest BCUT2D eigenvalue weighted by Gasteiger charge is -2.36. The summed E-state index contributed by atoms with van der Waals surface area (Å²) in [6.45, 7) is 2.62. The minimum atomic E-state index is 0.0205. The summed E-state index contributed by atoms with van der Waals surface area (Å²) >= 11 is 0. The molecule has 0 heterocycles. The van der Waals surface area contributed by atoms with Crippen molar-refractivity contribution in [3.8, 4) is 5.75 Å². The number of carbonyl (C=O) groups excluding carboxylic acids is 1. The van der Waals surface area contributed by atoms with E-state index in [9.17, 15) is 4.79 Å². The third-order valence-corrected chi connectivity index (χ3v) is 4.26. The highest BCUT2D eigenvalue weighted by Crippen LogP contribution is 2.40. The van der Waals surface area contributed by atoms with Gasteiger partial charge in [-0.1, -0.05) is 31.4 Å². The number of aryl methyl sites for hydroxylation is 1. The molecule has 1 aromatic rings. The Morgan fingerprint density at radius 3 is 2.63 bits per heavy atom. The van der Waals surface area contributed by atoms with E-state index in [2.05, 4.69) is 24.0 Å². The summed E-state index contributed by atoms with van der Waals surface area (Å²) in [7, 11) is 1.69. The predicted molar refractivity (Wildman–Crippen MR) is 75.5 cm³/mol. The van der Waals surface area contributed by atoms with Crippen molar-refractivity contribution >= 4 is 6.08 Å². The first-order valence-electron chi connectivity index (χ1n) is 6.91. The van der Waals surface area contributed by atoms with Crippen LogP contribution in [0.15, 0.2) is 23.2 Å². The Morgan fingerprint density at radius 2 is 2.05 bits per heavy atom. The lowest BCUT2D eigenvalue weighted by molar-refractivity contribution is 0.300. The van der Waals surface area contributed by atoms with Crippen molar-refractivity contribution in [1.29, 1.82) is 0 Å². The molecule has 0 amide bonds. The average Bonchev–Trinajstić information content (AvgIpc) is 2.46. The Balaban J connectivity index is 2.37. The highest BCUT2D eigenvalue weighted by Gasteiger charge is 2.34. The molecule has 0 radical (unpaired) electrons. The molecular formula is C16H21NO2. The molecule has 19 heavy (non-hydrogen) atoms. The van der Waals surface area contributed by atoms with Crippen LogP contribution < -0.4 is 4.74 Å². The van der Waals surface area contributed by atoms with Gasteiger partial charge in [0, 0.05) is 5.41 Å². The number of rotatable bonds is 4. The van der Waals surface area contributed by atoms with Crippen molar-refractivity contribution in [3.05, 3.63) is 29.3 Å². The summed E-state index contributed by atoms with van der Waals surface area (Å²) in [5, 5.41) is 0. The summed E-state index contributed by atoms with van der Waals surface area (Å²) in [6.07, 6.45) is 7.59. The van der Waals surface area contributed by atoms with Gasteiger partial charge in [0.15, 0.2) is 0 Å². The molecule has 0 atom stereocenters. The number of hydrogen-bond donors (Lipinski definition) is 0. The fourth-order valence-corrected chi connectivity index (χ4v) is 3.16. The minimum absolute atomic E-state index is 0.0205. The first-order valence-corrected chi connectivity index (χ1v) is 6.91. The average molecular weight is 259 g/mol. The zero-order chi connectivity index (χ0) is 13.7.